The van der Waals surface area contributed by atoms with Crippen LogP contribution in [0.2, 0.25) is 0 Å². The molecule has 2 fully saturated rings. The normalized spacial score (nSPS) is 24.8. The van der Waals surface area contributed by atoms with E-state index in [4.69, 9.17) is 9.47 Å². The average molecular weight is 463 g/mol. The molecule has 0 amide bonds. The van der Waals surface area contributed by atoms with E-state index < -0.39 is 23.3 Å². The van der Waals surface area contributed by atoms with Gasteiger partial charge in [-0.25, -0.2) is 8.78 Å². The summed E-state index contributed by atoms with van der Waals surface area (Å²) < 4.78 is 68.8. The number of allylic oxidation sites excluding steroid dienone is 1. The number of halogens is 4. The van der Waals surface area contributed by atoms with E-state index in [1.807, 2.05) is 0 Å². The molecule has 2 aromatic carbocycles. The van der Waals surface area contributed by atoms with Gasteiger partial charge in [0.25, 0.3) is 0 Å². The van der Waals surface area contributed by atoms with Crippen molar-refractivity contribution in [2.45, 2.75) is 45.4 Å². The molecule has 33 heavy (non-hydrogen) atoms. The fourth-order valence-corrected chi connectivity index (χ4v) is 5.45. The van der Waals surface area contributed by atoms with Crippen molar-refractivity contribution in [1.29, 1.82) is 0 Å². The molecule has 4 atom stereocenters. The van der Waals surface area contributed by atoms with E-state index in [2.05, 4.69) is 12.7 Å². The molecule has 0 saturated heterocycles. The third-order valence-electron chi connectivity index (χ3n) is 7.25. The molecule has 4 unspecified atom stereocenters. The summed E-state index contributed by atoms with van der Waals surface area (Å²) in [6.45, 7) is 6.04. The highest BCUT2D eigenvalue weighted by molar-refractivity contribution is 5.67. The molecule has 0 spiro atoms. The van der Waals surface area contributed by atoms with Crippen molar-refractivity contribution >= 4 is 0 Å². The fraction of sp³-hybridized carbons (Fsp3) is 0.481. The highest BCUT2D eigenvalue weighted by Crippen LogP contribution is 2.45. The zero-order valence-electron chi connectivity index (χ0n) is 18.9. The van der Waals surface area contributed by atoms with Crippen LogP contribution in [0, 0.1) is 46.9 Å². The van der Waals surface area contributed by atoms with Gasteiger partial charge in [-0.15, -0.1) is 6.58 Å². The second kappa shape index (κ2) is 10.2. The first-order valence-corrected chi connectivity index (χ1v) is 11.8. The van der Waals surface area contributed by atoms with Crippen LogP contribution < -0.4 is 9.47 Å². The Labute approximate surface area is 192 Å². The van der Waals surface area contributed by atoms with Crippen molar-refractivity contribution in [2.75, 3.05) is 13.2 Å². The summed E-state index contributed by atoms with van der Waals surface area (Å²) in [7, 11) is 0. The standard InChI is InChI=1S/C27H30F4O2/c1-3-16-5-7-19-14-17(6-8-18(19)13-16)15-33-23-12-10-21(25(29)27(23)31)20-9-11-22(32-4-2)26(30)24(20)28/h3,9-12,16-19H,1,4-8,13-15H2,2H3. The van der Waals surface area contributed by atoms with Gasteiger partial charge in [-0.05, 0) is 93.4 Å². The summed E-state index contributed by atoms with van der Waals surface area (Å²) in [4.78, 5) is 0. The molecule has 6 heteroatoms. The maximum absolute atomic E-state index is 14.8. The van der Waals surface area contributed by atoms with E-state index in [1.54, 1.807) is 6.92 Å². The van der Waals surface area contributed by atoms with Crippen molar-refractivity contribution < 1.29 is 27.0 Å². The highest BCUT2D eigenvalue weighted by Gasteiger charge is 2.35. The fourth-order valence-electron chi connectivity index (χ4n) is 5.45. The molecule has 2 nitrogen and oxygen atoms in total. The maximum atomic E-state index is 14.8. The lowest BCUT2D eigenvalue weighted by atomic mass is 9.65. The van der Waals surface area contributed by atoms with Crippen LogP contribution >= 0.6 is 0 Å². The van der Waals surface area contributed by atoms with E-state index in [0.29, 0.717) is 24.4 Å². The monoisotopic (exact) mass is 462 g/mol. The Hall–Kier alpha value is -2.50. The van der Waals surface area contributed by atoms with Gasteiger partial charge in [0.05, 0.1) is 13.2 Å². The summed E-state index contributed by atoms with van der Waals surface area (Å²) in [5.74, 6) is -3.16. The predicted molar refractivity (Wildman–Crippen MR) is 120 cm³/mol. The topological polar surface area (TPSA) is 18.5 Å². The molecule has 4 rings (SSSR count). The van der Waals surface area contributed by atoms with Gasteiger partial charge in [0, 0.05) is 11.1 Å². The molecule has 0 bridgehead atoms. The second-order valence-corrected chi connectivity index (χ2v) is 9.23. The van der Waals surface area contributed by atoms with Crippen LogP contribution in [0.1, 0.15) is 45.4 Å². The number of rotatable bonds is 7. The smallest absolute Gasteiger partial charge is 0.201 e. The van der Waals surface area contributed by atoms with Crippen molar-refractivity contribution in [3.8, 4) is 22.6 Å². The average Bonchev–Trinajstić information content (AvgIpc) is 2.83. The summed E-state index contributed by atoms with van der Waals surface area (Å²) in [5.41, 5.74) is -0.730. The molecule has 0 aromatic heterocycles. The third-order valence-corrected chi connectivity index (χ3v) is 7.25. The Kier molecular flexibility index (Phi) is 7.30. The Balaban J connectivity index is 1.43. The number of hydrogen-bond acceptors (Lipinski definition) is 2. The SMILES string of the molecule is C=CC1CCC2CC(COc3ccc(-c4ccc(OCC)c(F)c4F)c(F)c3F)CCC2C1. The van der Waals surface area contributed by atoms with E-state index in [1.165, 1.54) is 43.5 Å². The second-order valence-electron chi connectivity index (χ2n) is 9.23. The largest absolute Gasteiger partial charge is 0.491 e. The first kappa shape index (κ1) is 23.7. The highest BCUT2D eigenvalue weighted by atomic mass is 19.2. The van der Waals surface area contributed by atoms with Gasteiger partial charge >= 0.3 is 0 Å². The van der Waals surface area contributed by atoms with E-state index >= 15 is 0 Å². The van der Waals surface area contributed by atoms with Gasteiger partial charge in [-0.1, -0.05) is 6.08 Å². The zero-order chi connectivity index (χ0) is 23.5. The Morgan fingerprint density at radius 3 is 1.97 bits per heavy atom. The molecular weight excluding hydrogens is 432 g/mol. The minimum atomic E-state index is -1.28. The minimum absolute atomic E-state index is 0.155. The molecule has 0 N–H and O–H groups in total. The number of hydrogen-bond donors (Lipinski definition) is 0. The lowest BCUT2D eigenvalue weighted by molar-refractivity contribution is 0.0854. The lowest BCUT2D eigenvalue weighted by Gasteiger charge is -2.41. The van der Waals surface area contributed by atoms with Crippen molar-refractivity contribution in [3.05, 3.63) is 60.2 Å². The van der Waals surface area contributed by atoms with Gasteiger partial charge < -0.3 is 9.47 Å². The van der Waals surface area contributed by atoms with Crippen LogP contribution in [0.3, 0.4) is 0 Å². The lowest BCUT2D eigenvalue weighted by Crippen LogP contribution is -2.32. The number of benzene rings is 2. The van der Waals surface area contributed by atoms with Crippen LogP contribution in [0.5, 0.6) is 11.5 Å². The zero-order valence-corrected chi connectivity index (χ0v) is 18.9. The summed E-state index contributed by atoms with van der Waals surface area (Å²) >= 11 is 0. The first-order valence-electron chi connectivity index (χ1n) is 11.8. The van der Waals surface area contributed by atoms with Crippen LogP contribution in [0.25, 0.3) is 11.1 Å². The van der Waals surface area contributed by atoms with Crippen LogP contribution in [0.4, 0.5) is 17.6 Å². The van der Waals surface area contributed by atoms with Gasteiger partial charge in [0.15, 0.2) is 23.1 Å². The molecule has 178 valence electrons. The quantitative estimate of drug-likeness (QED) is 0.310. The van der Waals surface area contributed by atoms with Gasteiger partial charge in [-0.3, -0.25) is 0 Å². The van der Waals surface area contributed by atoms with Gasteiger partial charge in [-0.2, -0.15) is 8.78 Å². The Bertz CT molecular complexity index is 1010. The van der Waals surface area contributed by atoms with Crippen molar-refractivity contribution in [2.24, 2.45) is 23.7 Å². The van der Waals surface area contributed by atoms with E-state index in [0.717, 1.165) is 25.2 Å². The molecule has 0 radical (unpaired) electrons. The summed E-state index contributed by atoms with van der Waals surface area (Å²) in [6, 6.07) is 4.89. The number of ether oxygens (including phenoxy) is 2. The maximum Gasteiger partial charge on any atom is 0.201 e. The van der Waals surface area contributed by atoms with Crippen LogP contribution in [0.15, 0.2) is 36.9 Å². The molecule has 2 aliphatic rings. The molecule has 0 aliphatic heterocycles. The Morgan fingerprint density at radius 1 is 0.788 bits per heavy atom. The minimum Gasteiger partial charge on any atom is -0.491 e. The van der Waals surface area contributed by atoms with Crippen molar-refractivity contribution in [3.63, 3.8) is 0 Å². The van der Waals surface area contributed by atoms with E-state index in [9.17, 15) is 17.6 Å². The van der Waals surface area contributed by atoms with Crippen LogP contribution in [-0.4, -0.2) is 13.2 Å². The van der Waals surface area contributed by atoms with Crippen molar-refractivity contribution in [1.82, 2.24) is 0 Å². The molecule has 2 aliphatic carbocycles. The third kappa shape index (κ3) is 4.90. The molecule has 2 aromatic rings. The van der Waals surface area contributed by atoms with Gasteiger partial charge in [0.2, 0.25) is 11.6 Å². The van der Waals surface area contributed by atoms with Gasteiger partial charge in [0.1, 0.15) is 0 Å². The van der Waals surface area contributed by atoms with Crippen LogP contribution in [-0.2, 0) is 0 Å². The first-order chi connectivity index (χ1) is 15.9. The summed E-state index contributed by atoms with van der Waals surface area (Å²) in [5, 5.41) is 0. The molecule has 2 saturated carbocycles. The Morgan fingerprint density at radius 2 is 1.36 bits per heavy atom. The number of fused-ring (bicyclic) bond motifs is 1. The molecular formula is C27H30F4O2. The van der Waals surface area contributed by atoms with E-state index in [-0.39, 0.29) is 29.2 Å². The molecule has 0 heterocycles. The predicted octanol–water partition coefficient (Wildman–Crippen LogP) is 7.71. The summed E-state index contributed by atoms with van der Waals surface area (Å²) in [6.07, 6.45) is 8.78.